The first-order valence-corrected chi connectivity index (χ1v) is 5.26. The molecule has 1 atom stereocenters. The van der Waals surface area contributed by atoms with Crippen molar-refractivity contribution in [1.82, 2.24) is 10.6 Å². The molecule has 1 heterocycles. The second-order valence-electron chi connectivity index (χ2n) is 4.04. The Kier molecular flexibility index (Phi) is 4.70. The van der Waals surface area contributed by atoms with Crippen LogP contribution in [0.2, 0.25) is 0 Å². The first kappa shape index (κ1) is 11.0. The highest BCUT2D eigenvalue weighted by molar-refractivity contribution is 4.82. The van der Waals surface area contributed by atoms with Gasteiger partial charge in [-0.05, 0) is 46.3 Å². The molecule has 78 valence electrons. The van der Waals surface area contributed by atoms with E-state index in [1.165, 1.54) is 19.3 Å². The minimum Gasteiger partial charge on any atom is -0.374 e. The Morgan fingerprint density at radius 3 is 2.85 bits per heavy atom. The lowest BCUT2D eigenvalue weighted by Gasteiger charge is -2.23. The molecule has 3 heteroatoms. The molecule has 0 aromatic carbocycles. The zero-order valence-electron chi connectivity index (χ0n) is 8.86. The molecule has 0 aromatic heterocycles. The van der Waals surface area contributed by atoms with Crippen LogP contribution in [-0.4, -0.2) is 38.9 Å². The van der Waals surface area contributed by atoms with Gasteiger partial charge in [0, 0.05) is 13.2 Å². The van der Waals surface area contributed by atoms with Crippen molar-refractivity contribution < 1.29 is 4.74 Å². The standard InChI is InChI=1S/C10H22N2O/c1-10(5-3-8-13-10)9-12-7-4-6-11-2/h11-12H,3-9H2,1-2H3. The number of hydrogen-bond acceptors (Lipinski definition) is 3. The maximum atomic E-state index is 5.67. The van der Waals surface area contributed by atoms with E-state index in [0.717, 1.165) is 26.2 Å². The van der Waals surface area contributed by atoms with Gasteiger partial charge in [-0.2, -0.15) is 0 Å². The van der Waals surface area contributed by atoms with Gasteiger partial charge in [0.1, 0.15) is 0 Å². The van der Waals surface area contributed by atoms with Crippen LogP contribution in [0.1, 0.15) is 26.2 Å². The van der Waals surface area contributed by atoms with Crippen molar-refractivity contribution in [2.75, 3.05) is 33.3 Å². The highest BCUT2D eigenvalue weighted by Crippen LogP contribution is 2.23. The molecule has 13 heavy (non-hydrogen) atoms. The molecule has 3 nitrogen and oxygen atoms in total. The molecule has 1 saturated heterocycles. The molecule has 0 aromatic rings. The van der Waals surface area contributed by atoms with Crippen LogP contribution in [0.4, 0.5) is 0 Å². The normalized spacial score (nSPS) is 28.2. The maximum Gasteiger partial charge on any atom is 0.0779 e. The van der Waals surface area contributed by atoms with Crippen molar-refractivity contribution in [3.63, 3.8) is 0 Å². The molecule has 0 spiro atoms. The third-order valence-corrected chi connectivity index (χ3v) is 2.58. The number of rotatable bonds is 6. The summed E-state index contributed by atoms with van der Waals surface area (Å²) in [5.74, 6) is 0. The third kappa shape index (κ3) is 4.07. The fraction of sp³-hybridized carbons (Fsp3) is 1.00. The molecular weight excluding hydrogens is 164 g/mol. The second-order valence-corrected chi connectivity index (χ2v) is 4.04. The van der Waals surface area contributed by atoms with Gasteiger partial charge in [0.15, 0.2) is 0 Å². The minimum atomic E-state index is 0.111. The van der Waals surface area contributed by atoms with Crippen LogP contribution in [0.5, 0.6) is 0 Å². The van der Waals surface area contributed by atoms with Gasteiger partial charge in [-0.15, -0.1) is 0 Å². The van der Waals surface area contributed by atoms with Crippen LogP contribution in [0.25, 0.3) is 0 Å². The molecule has 0 amide bonds. The fourth-order valence-corrected chi connectivity index (χ4v) is 1.72. The molecule has 1 aliphatic rings. The number of hydrogen-bond donors (Lipinski definition) is 2. The highest BCUT2D eigenvalue weighted by Gasteiger charge is 2.28. The van der Waals surface area contributed by atoms with E-state index in [9.17, 15) is 0 Å². The Morgan fingerprint density at radius 1 is 1.38 bits per heavy atom. The molecule has 0 bridgehead atoms. The Hall–Kier alpha value is -0.120. The van der Waals surface area contributed by atoms with Crippen LogP contribution in [0.3, 0.4) is 0 Å². The van der Waals surface area contributed by atoms with Gasteiger partial charge in [0.05, 0.1) is 5.60 Å². The average molecular weight is 186 g/mol. The van der Waals surface area contributed by atoms with Crippen molar-refractivity contribution in [1.29, 1.82) is 0 Å². The summed E-state index contributed by atoms with van der Waals surface area (Å²) >= 11 is 0. The van der Waals surface area contributed by atoms with E-state index < -0.39 is 0 Å². The van der Waals surface area contributed by atoms with Gasteiger partial charge in [0.25, 0.3) is 0 Å². The summed E-state index contributed by atoms with van der Waals surface area (Å²) in [6, 6.07) is 0. The first-order chi connectivity index (χ1) is 6.27. The zero-order valence-corrected chi connectivity index (χ0v) is 8.86. The van der Waals surface area contributed by atoms with E-state index in [-0.39, 0.29) is 5.60 Å². The molecule has 0 saturated carbocycles. The molecule has 0 radical (unpaired) electrons. The Morgan fingerprint density at radius 2 is 2.23 bits per heavy atom. The molecule has 1 unspecified atom stereocenters. The highest BCUT2D eigenvalue weighted by atomic mass is 16.5. The molecule has 1 rings (SSSR count). The summed E-state index contributed by atoms with van der Waals surface area (Å²) in [7, 11) is 1.99. The van der Waals surface area contributed by atoms with Gasteiger partial charge >= 0.3 is 0 Å². The van der Waals surface area contributed by atoms with E-state index >= 15 is 0 Å². The van der Waals surface area contributed by atoms with E-state index in [0.29, 0.717) is 0 Å². The van der Waals surface area contributed by atoms with Crippen molar-refractivity contribution in [3.05, 3.63) is 0 Å². The van der Waals surface area contributed by atoms with E-state index in [2.05, 4.69) is 17.6 Å². The van der Waals surface area contributed by atoms with E-state index in [1.54, 1.807) is 0 Å². The second kappa shape index (κ2) is 5.58. The summed E-state index contributed by atoms with van der Waals surface area (Å²) in [6.07, 6.45) is 3.60. The predicted molar refractivity (Wildman–Crippen MR) is 55.0 cm³/mol. The lowest BCUT2D eigenvalue weighted by Crippen LogP contribution is -2.38. The van der Waals surface area contributed by atoms with Gasteiger partial charge < -0.3 is 15.4 Å². The predicted octanol–water partition coefficient (Wildman–Crippen LogP) is 0.755. The van der Waals surface area contributed by atoms with Crippen LogP contribution < -0.4 is 10.6 Å². The third-order valence-electron chi connectivity index (χ3n) is 2.58. The van der Waals surface area contributed by atoms with Crippen molar-refractivity contribution in [2.45, 2.75) is 31.8 Å². The topological polar surface area (TPSA) is 33.3 Å². The first-order valence-electron chi connectivity index (χ1n) is 5.26. The van der Waals surface area contributed by atoms with Crippen LogP contribution in [0, 0.1) is 0 Å². The van der Waals surface area contributed by atoms with Crippen LogP contribution in [-0.2, 0) is 4.74 Å². The minimum absolute atomic E-state index is 0.111. The quantitative estimate of drug-likeness (QED) is 0.601. The lowest BCUT2D eigenvalue weighted by atomic mass is 10.0. The Labute approximate surface area is 81.2 Å². The largest absolute Gasteiger partial charge is 0.374 e. The maximum absolute atomic E-state index is 5.67. The summed E-state index contributed by atoms with van der Waals surface area (Å²) in [4.78, 5) is 0. The summed E-state index contributed by atoms with van der Waals surface area (Å²) in [5.41, 5.74) is 0.111. The molecule has 0 aliphatic carbocycles. The molecule has 1 fully saturated rings. The number of nitrogens with one attached hydrogen (secondary N) is 2. The van der Waals surface area contributed by atoms with E-state index in [4.69, 9.17) is 4.74 Å². The monoisotopic (exact) mass is 186 g/mol. The SMILES string of the molecule is CNCCCNCC1(C)CCCO1. The number of ether oxygens (including phenoxy) is 1. The van der Waals surface area contributed by atoms with Gasteiger partial charge in [-0.3, -0.25) is 0 Å². The molecule has 1 aliphatic heterocycles. The summed E-state index contributed by atoms with van der Waals surface area (Å²) < 4.78 is 5.67. The lowest BCUT2D eigenvalue weighted by molar-refractivity contribution is 0.0210. The van der Waals surface area contributed by atoms with E-state index in [1.807, 2.05) is 7.05 Å². The Bertz CT molecular complexity index is 133. The zero-order chi connectivity index (χ0) is 9.57. The van der Waals surface area contributed by atoms with Crippen LogP contribution in [0.15, 0.2) is 0 Å². The van der Waals surface area contributed by atoms with Gasteiger partial charge in [-0.25, -0.2) is 0 Å². The van der Waals surface area contributed by atoms with Crippen molar-refractivity contribution in [2.24, 2.45) is 0 Å². The van der Waals surface area contributed by atoms with Gasteiger partial charge in [0.2, 0.25) is 0 Å². The summed E-state index contributed by atoms with van der Waals surface area (Å²) in [6.45, 7) is 6.31. The Balaban J connectivity index is 1.98. The van der Waals surface area contributed by atoms with Gasteiger partial charge in [-0.1, -0.05) is 0 Å². The summed E-state index contributed by atoms with van der Waals surface area (Å²) in [5, 5.41) is 6.57. The van der Waals surface area contributed by atoms with Crippen molar-refractivity contribution in [3.8, 4) is 0 Å². The van der Waals surface area contributed by atoms with Crippen molar-refractivity contribution >= 4 is 0 Å². The fourth-order valence-electron chi connectivity index (χ4n) is 1.72. The molecule has 2 N–H and O–H groups in total. The average Bonchev–Trinajstić information content (AvgIpc) is 2.53. The molecular formula is C10H22N2O. The van der Waals surface area contributed by atoms with Crippen LogP contribution >= 0.6 is 0 Å². The smallest absolute Gasteiger partial charge is 0.0779 e.